The predicted molar refractivity (Wildman–Crippen MR) is 85.6 cm³/mol. The summed E-state index contributed by atoms with van der Waals surface area (Å²) in [6.07, 6.45) is 7.02. The average Bonchev–Trinajstić information content (AvgIpc) is 3.19. The first-order chi connectivity index (χ1) is 10.6. The van der Waals surface area contributed by atoms with Crippen LogP contribution in [0, 0.1) is 6.92 Å². The Balaban J connectivity index is 1.83. The summed E-state index contributed by atoms with van der Waals surface area (Å²) in [5, 5.41) is 8.71. The number of carbonyl (C=O) groups is 1. The Morgan fingerprint density at radius 1 is 1.50 bits per heavy atom. The quantitative estimate of drug-likeness (QED) is 0.925. The maximum Gasteiger partial charge on any atom is 0.250 e. The van der Waals surface area contributed by atoms with E-state index in [0.717, 1.165) is 35.8 Å². The van der Waals surface area contributed by atoms with E-state index in [9.17, 15) is 4.79 Å². The normalized spacial score (nSPS) is 17.4. The highest BCUT2D eigenvalue weighted by atomic mass is 32.1. The predicted octanol–water partition coefficient (Wildman–Crippen LogP) is 1.39. The minimum absolute atomic E-state index is 0.128. The molecular weight excluding hydrogens is 298 g/mol. The van der Waals surface area contributed by atoms with Gasteiger partial charge in [0.05, 0.1) is 11.6 Å². The zero-order chi connectivity index (χ0) is 15.6. The molecule has 1 aliphatic rings. The number of piperidine rings is 1. The van der Waals surface area contributed by atoms with Gasteiger partial charge in [-0.15, -0.1) is 11.3 Å². The van der Waals surface area contributed by atoms with Gasteiger partial charge < -0.3 is 10.2 Å². The number of aromatic nitrogens is 3. The van der Waals surface area contributed by atoms with Gasteiger partial charge in [0.25, 0.3) is 5.91 Å². The van der Waals surface area contributed by atoms with Crippen molar-refractivity contribution in [1.82, 2.24) is 25.0 Å². The number of aryl methyl sites for hydroxylation is 1. The standard InChI is InChI=1S/C15H21N5OS/c1-12-17-10-13(22-12)11-19(2)14(21)15(4-7-16-8-5-15)20-9-3-6-18-20/h3,6,9-10,16H,4-5,7-8,11H2,1-2H3. The van der Waals surface area contributed by atoms with Gasteiger partial charge in [-0.3, -0.25) is 9.48 Å². The van der Waals surface area contributed by atoms with E-state index >= 15 is 0 Å². The highest BCUT2D eigenvalue weighted by molar-refractivity contribution is 7.11. The molecule has 0 spiro atoms. The molecule has 0 aliphatic carbocycles. The van der Waals surface area contributed by atoms with E-state index < -0.39 is 5.54 Å². The van der Waals surface area contributed by atoms with Gasteiger partial charge in [-0.05, 0) is 38.9 Å². The van der Waals surface area contributed by atoms with E-state index in [4.69, 9.17) is 0 Å². The van der Waals surface area contributed by atoms with Crippen molar-refractivity contribution < 1.29 is 4.79 Å². The van der Waals surface area contributed by atoms with Crippen LogP contribution < -0.4 is 5.32 Å². The highest BCUT2D eigenvalue weighted by Crippen LogP contribution is 2.29. The zero-order valence-corrected chi connectivity index (χ0v) is 13.8. The molecule has 3 rings (SSSR count). The molecule has 118 valence electrons. The van der Waals surface area contributed by atoms with Crippen LogP contribution in [0.5, 0.6) is 0 Å². The van der Waals surface area contributed by atoms with Crippen molar-refractivity contribution in [3.05, 3.63) is 34.5 Å². The van der Waals surface area contributed by atoms with Gasteiger partial charge in [-0.25, -0.2) is 4.98 Å². The molecule has 0 saturated carbocycles. The summed E-state index contributed by atoms with van der Waals surface area (Å²) in [5.74, 6) is 0.128. The molecule has 6 nitrogen and oxygen atoms in total. The van der Waals surface area contributed by atoms with Crippen LogP contribution in [0.25, 0.3) is 0 Å². The fourth-order valence-electron chi connectivity index (χ4n) is 3.04. The van der Waals surface area contributed by atoms with Crippen LogP contribution in [-0.2, 0) is 16.9 Å². The first-order valence-corrected chi connectivity index (χ1v) is 8.31. The Morgan fingerprint density at radius 2 is 2.27 bits per heavy atom. The number of rotatable bonds is 4. The molecule has 1 N–H and O–H groups in total. The SMILES string of the molecule is Cc1ncc(CN(C)C(=O)C2(n3cccn3)CCNCC2)s1. The van der Waals surface area contributed by atoms with Gasteiger partial charge >= 0.3 is 0 Å². The Labute approximate surface area is 134 Å². The summed E-state index contributed by atoms with van der Waals surface area (Å²) in [6.45, 7) is 4.24. The molecule has 2 aromatic rings. The van der Waals surface area contributed by atoms with E-state index in [1.54, 1.807) is 22.4 Å². The van der Waals surface area contributed by atoms with Crippen molar-refractivity contribution >= 4 is 17.2 Å². The largest absolute Gasteiger partial charge is 0.338 e. The third kappa shape index (κ3) is 2.78. The molecule has 2 aromatic heterocycles. The number of thiazole rings is 1. The lowest BCUT2D eigenvalue weighted by molar-refractivity contribution is -0.142. The van der Waals surface area contributed by atoms with Crippen molar-refractivity contribution in [2.75, 3.05) is 20.1 Å². The third-order valence-electron chi connectivity index (χ3n) is 4.18. The lowest BCUT2D eigenvalue weighted by Crippen LogP contribution is -2.54. The lowest BCUT2D eigenvalue weighted by atomic mass is 9.87. The van der Waals surface area contributed by atoms with Crippen LogP contribution in [-0.4, -0.2) is 45.7 Å². The highest BCUT2D eigenvalue weighted by Gasteiger charge is 2.43. The molecular formula is C15H21N5OS. The number of carbonyl (C=O) groups excluding carboxylic acids is 1. The molecule has 1 aliphatic heterocycles. The van der Waals surface area contributed by atoms with Crippen molar-refractivity contribution in [1.29, 1.82) is 0 Å². The lowest BCUT2D eigenvalue weighted by Gasteiger charge is -2.39. The first kappa shape index (κ1) is 15.2. The molecule has 0 atom stereocenters. The maximum atomic E-state index is 13.2. The van der Waals surface area contributed by atoms with Gasteiger partial charge in [0.15, 0.2) is 0 Å². The minimum Gasteiger partial charge on any atom is -0.338 e. The molecule has 7 heteroatoms. The van der Waals surface area contributed by atoms with Gasteiger partial charge in [-0.1, -0.05) is 0 Å². The molecule has 0 bridgehead atoms. The van der Waals surface area contributed by atoms with Crippen molar-refractivity contribution in [3.63, 3.8) is 0 Å². The van der Waals surface area contributed by atoms with Crippen molar-refractivity contribution in [3.8, 4) is 0 Å². The fraction of sp³-hybridized carbons (Fsp3) is 0.533. The molecule has 22 heavy (non-hydrogen) atoms. The van der Waals surface area contributed by atoms with Gasteiger partial charge in [0.1, 0.15) is 5.54 Å². The van der Waals surface area contributed by atoms with Gasteiger partial charge in [0.2, 0.25) is 0 Å². The second kappa shape index (κ2) is 6.18. The van der Waals surface area contributed by atoms with E-state index in [2.05, 4.69) is 15.4 Å². The summed E-state index contributed by atoms with van der Waals surface area (Å²) >= 11 is 1.64. The Hall–Kier alpha value is -1.73. The molecule has 1 amide bonds. The summed E-state index contributed by atoms with van der Waals surface area (Å²) in [6, 6.07) is 1.88. The topological polar surface area (TPSA) is 63.1 Å². The van der Waals surface area contributed by atoms with E-state index in [1.807, 2.05) is 37.1 Å². The van der Waals surface area contributed by atoms with Gasteiger partial charge in [0, 0.05) is 30.5 Å². The smallest absolute Gasteiger partial charge is 0.250 e. The molecule has 1 fully saturated rings. The summed E-state index contributed by atoms with van der Waals surface area (Å²) in [4.78, 5) is 20.3. The van der Waals surface area contributed by atoms with E-state index in [-0.39, 0.29) is 5.91 Å². The number of likely N-dealkylation sites (N-methyl/N-ethyl adjacent to an activating group) is 1. The molecule has 3 heterocycles. The Kier molecular flexibility index (Phi) is 4.26. The number of amides is 1. The zero-order valence-electron chi connectivity index (χ0n) is 13.0. The molecule has 0 aromatic carbocycles. The molecule has 0 radical (unpaired) electrons. The summed E-state index contributed by atoms with van der Waals surface area (Å²) < 4.78 is 1.84. The van der Waals surface area contributed by atoms with Crippen LogP contribution in [0.2, 0.25) is 0 Å². The third-order valence-corrected chi connectivity index (χ3v) is 5.08. The summed E-state index contributed by atoms with van der Waals surface area (Å²) in [5.41, 5.74) is -0.566. The van der Waals surface area contributed by atoms with Crippen LogP contribution in [0.15, 0.2) is 24.7 Å². The van der Waals surface area contributed by atoms with Crippen LogP contribution >= 0.6 is 11.3 Å². The maximum absolute atomic E-state index is 13.2. The van der Waals surface area contributed by atoms with Crippen LogP contribution in [0.4, 0.5) is 0 Å². The van der Waals surface area contributed by atoms with E-state index in [1.165, 1.54) is 0 Å². The fourth-order valence-corrected chi connectivity index (χ4v) is 3.89. The molecule has 1 saturated heterocycles. The monoisotopic (exact) mass is 319 g/mol. The number of nitrogens with zero attached hydrogens (tertiary/aromatic N) is 4. The van der Waals surface area contributed by atoms with Gasteiger partial charge in [-0.2, -0.15) is 5.10 Å². The van der Waals surface area contributed by atoms with Crippen LogP contribution in [0.1, 0.15) is 22.7 Å². The van der Waals surface area contributed by atoms with Crippen molar-refractivity contribution in [2.24, 2.45) is 0 Å². The number of nitrogens with one attached hydrogen (secondary N) is 1. The summed E-state index contributed by atoms with van der Waals surface area (Å²) in [7, 11) is 1.87. The molecule has 0 unspecified atom stereocenters. The van der Waals surface area contributed by atoms with Crippen molar-refractivity contribution in [2.45, 2.75) is 31.8 Å². The van der Waals surface area contributed by atoms with Crippen LogP contribution in [0.3, 0.4) is 0 Å². The average molecular weight is 319 g/mol. The van der Waals surface area contributed by atoms with E-state index in [0.29, 0.717) is 6.54 Å². The Morgan fingerprint density at radius 3 is 2.86 bits per heavy atom. The number of hydrogen-bond donors (Lipinski definition) is 1. The first-order valence-electron chi connectivity index (χ1n) is 7.49. The number of hydrogen-bond acceptors (Lipinski definition) is 5. The second-order valence-corrected chi connectivity index (χ2v) is 7.06. The minimum atomic E-state index is -0.566. The Bertz CT molecular complexity index is 630. The second-order valence-electron chi connectivity index (χ2n) is 5.74.